The van der Waals surface area contributed by atoms with Gasteiger partial charge in [0.25, 0.3) is 0 Å². The van der Waals surface area contributed by atoms with E-state index in [1.807, 2.05) is 60.7 Å². The van der Waals surface area contributed by atoms with Gasteiger partial charge in [0.15, 0.2) is 0 Å². The van der Waals surface area contributed by atoms with E-state index in [-0.39, 0.29) is 0 Å². The number of hydrogen-bond donors (Lipinski definition) is 0. The first kappa shape index (κ1) is 20.3. The van der Waals surface area contributed by atoms with Crippen LogP contribution in [-0.2, 0) is 0 Å². The highest BCUT2D eigenvalue weighted by Gasteiger charge is 2.05. The number of aryl methyl sites for hydroxylation is 1. The minimum Gasteiger partial charge on any atom is -0.488 e. The molecule has 0 aliphatic heterocycles. The maximum atomic E-state index is 6.14. The minimum absolute atomic E-state index is 0.478. The standard InChI is InChI=1S/C30H24O/c1-24-14-16-26(17-15-24)11-8-22-31-30-23-29(27-12-6-3-7-13-27)21-20-28(30)19-18-25-9-4-2-5-10-25/h2-17,20-21,23H,22H2,1H3/b11-8+. The molecule has 1 heteroatoms. The number of benzene rings is 4. The predicted molar refractivity (Wildman–Crippen MR) is 130 cm³/mol. The molecule has 0 saturated carbocycles. The van der Waals surface area contributed by atoms with Gasteiger partial charge in [0, 0.05) is 5.56 Å². The maximum Gasteiger partial charge on any atom is 0.136 e. The molecule has 0 aromatic heterocycles. The Kier molecular flexibility index (Phi) is 6.63. The van der Waals surface area contributed by atoms with Gasteiger partial charge in [-0.2, -0.15) is 0 Å². The Morgan fingerprint density at radius 2 is 1.42 bits per heavy atom. The summed E-state index contributed by atoms with van der Waals surface area (Å²) in [7, 11) is 0. The van der Waals surface area contributed by atoms with E-state index in [0.717, 1.165) is 33.6 Å². The summed E-state index contributed by atoms with van der Waals surface area (Å²) in [4.78, 5) is 0. The molecule has 0 bridgehead atoms. The Bertz CT molecular complexity index is 1210. The molecular formula is C30H24O. The van der Waals surface area contributed by atoms with Crippen LogP contribution >= 0.6 is 0 Å². The normalized spacial score (nSPS) is 10.5. The summed E-state index contributed by atoms with van der Waals surface area (Å²) in [5, 5.41) is 0. The molecule has 0 aliphatic carbocycles. The van der Waals surface area contributed by atoms with Gasteiger partial charge in [-0.05, 0) is 54.0 Å². The van der Waals surface area contributed by atoms with Crippen LogP contribution in [0.25, 0.3) is 17.2 Å². The van der Waals surface area contributed by atoms with E-state index in [4.69, 9.17) is 4.74 Å². The minimum atomic E-state index is 0.478. The topological polar surface area (TPSA) is 9.23 Å². The molecule has 1 nitrogen and oxygen atoms in total. The fraction of sp³-hybridized carbons (Fsp3) is 0.0667. The summed E-state index contributed by atoms with van der Waals surface area (Å²) in [5.41, 5.74) is 6.56. The lowest BCUT2D eigenvalue weighted by Gasteiger charge is -2.09. The van der Waals surface area contributed by atoms with Crippen molar-refractivity contribution in [2.45, 2.75) is 6.92 Å². The zero-order valence-corrected chi connectivity index (χ0v) is 17.6. The molecule has 150 valence electrons. The van der Waals surface area contributed by atoms with Gasteiger partial charge in [0.05, 0.1) is 5.56 Å². The van der Waals surface area contributed by atoms with Gasteiger partial charge < -0.3 is 4.74 Å². The van der Waals surface area contributed by atoms with Gasteiger partial charge in [-0.25, -0.2) is 0 Å². The van der Waals surface area contributed by atoms with E-state index >= 15 is 0 Å². The van der Waals surface area contributed by atoms with Crippen molar-refractivity contribution < 1.29 is 4.74 Å². The third-order valence-corrected chi connectivity index (χ3v) is 4.93. The number of ether oxygens (including phenoxy) is 1. The van der Waals surface area contributed by atoms with Crippen LogP contribution in [0.2, 0.25) is 0 Å². The Morgan fingerprint density at radius 3 is 2.16 bits per heavy atom. The Morgan fingerprint density at radius 1 is 0.710 bits per heavy atom. The van der Waals surface area contributed by atoms with E-state index < -0.39 is 0 Å². The quantitative estimate of drug-likeness (QED) is 0.323. The summed E-state index contributed by atoms with van der Waals surface area (Å²) in [5.74, 6) is 7.30. The van der Waals surface area contributed by atoms with Crippen LogP contribution < -0.4 is 4.74 Å². The highest BCUT2D eigenvalue weighted by Crippen LogP contribution is 2.27. The number of rotatable bonds is 5. The smallest absolute Gasteiger partial charge is 0.136 e. The van der Waals surface area contributed by atoms with Gasteiger partial charge in [-0.15, -0.1) is 0 Å². The van der Waals surface area contributed by atoms with Crippen molar-refractivity contribution in [3.63, 3.8) is 0 Å². The summed E-state index contributed by atoms with van der Waals surface area (Å²) >= 11 is 0. The fourth-order valence-corrected chi connectivity index (χ4v) is 3.22. The molecule has 0 radical (unpaired) electrons. The second-order valence-corrected chi connectivity index (χ2v) is 7.32. The van der Waals surface area contributed by atoms with Crippen LogP contribution in [0.5, 0.6) is 5.75 Å². The first-order chi connectivity index (χ1) is 15.3. The second-order valence-electron chi connectivity index (χ2n) is 7.32. The highest BCUT2D eigenvalue weighted by molar-refractivity contribution is 5.67. The van der Waals surface area contributed by atoms with Crippen LogP contribution in [0, 0.1) is 18.8 Å². The van der Waals surface area contributed by atoms with Crippen molar-refractivity contribution >= 4 is 6.08 Å². The largest absolute Gasteiger partial charge is 0.488 e. The molecule has 0 unspecified atom stereocenters. The molecule has 0 aliphatic rings. The molecule has 4 aromatic carbocycles. The van der Waals surface area contributed by atoms with Gasteiger partial charge in [0.2, 0.25) is 0 Å². The molecule has 0 heterocycles. The Hall–Kier alpha value is -4.02. The first-order valence-electron chi connectivity index (χ1n) is 10.4. The summed E-state index contributed by atoms with van der Waals surface area (Å²) in [6, 6.07) is 35.0. The monoisotopic (exact) mass is 400 g/mol. The molecule has 4 rings (SSSR count). The average molecular weight is 401 g/mol. The summed E-state index contributed by atoms with van der Waals surface area (Å²) < 4.78 is 6.14. The lowest BCUT2D eigenvalue weighted by molar-refractivity contribution is 0.363. The van der Waals surface area contributed by atoms with Crippen LogP contribution in [0.4, 0.5) is 0 Å². The van der Waals surface area contributed by atoms with E-state index in [1.165, 1.54) is 5.56 Å². The van der Waals surface area contributed by atoms with E-state index in [9.17, 15) is 0 Å². The lowest BCUT2D eigenvalue weighted by atomic mass is 10.0. The SMILES string of the molecule is Cc1ccc(/C=C/COc2cc(-c3ccccc3)ccc2C#Cc2ccccc2)cc1. The van der Waals surface area contributed by atoms with Crippen molar-refractivity contribution in [3.8, 4) is 28.7 Å². The molecule has 0 spiro atoms. The zero-order valence-electron chi connectivity index (χ0n) is 17.6. The average Bonchev–Trinajstić information content (AvgIpc) is 2.83. The third kappa shape index (κ3) is 5.75. The Labute approximate surface area is 184 Å². The van der Waals surface area contributed by atoms with E-state index in [1.54, 1.807) is 0 Å². The number of hydrogen-bond acceptors (Lipinski definition) is 1. The summed E-state index contributed by atoms with van der Waals surface area (Å²) in [6.07, 6.45) is 4.12. The first-order valence-corrected chi connectivity index (χ1v) is 10.4. The molecule has 0 amide bonds. The molecule has 0 saturated heterocycles. The Balaban J connectivity index is 1.57. The lowest BCUT2D eigenvalue weighted by Crippen LogP contribution is -1.96. The van der Waals surface area contributed by atoms with Crippen LogP contribution in [0.15, 0.2) is 109 Å². The molecular weight excluding hydrogens is 376 g/mol. The van der Waals surface area contributed by atoms with Crippen LogP contribution in [0.3, 0.4) is 0 Å². The fourth-order valence-electron chi connectivity index (χ4n) is 3.22. The maximum absolute atomic E-state index is 6.14. The summed E-state index contributed by atoms with van der Waals surface area (Å²) in [6.45, 7) is 2.57. The zero-order chi connectivity index (χ0) is 21.3. The van der Waals surface area contributed by atoms with E-state index in [2.05, 4.69) is 73.4 Å². The van der Waals surface area contributed by atoms with Crippen molar-refractivity contribution in [1.29, 1.82) is 0 Å². The molecule has 0 atom stereocenters. The van der Waals surface area contributed by atoms with Gasteiger partial charge in [-0.1, -0.05) is 102 Å². The van der Waals surface area contributed by atoms with Crippen molar-refractivity contribution in [3.05, 3.63) is 131 Å². The van der Waals surface area contributed by atoms with Gasteiger partial charge in [0.1, 0.15) is 12.4 Å². The van der Waals surface area contributed by atoms with Gasteiger partial charge >= 0.3 is 0 Å². The highest BCUT2D eigenvalue weighted by atomic mass is 16.5. The molecule has 0 fully saturated rings. The van der Waals surface area contributed by atoms with Crippen LogP contribution in [0.1, 0.15) is 22.3 Å². The predicted octanol–water partition coefficient (Wildman–Crippen LogP) is 7.15. The second kappa shape index (κ2) is 10.1. The van der Waals surface area contributed by atoms with Crippen molar-refractivity contribution in [2.24, 2.45) is 0 Å². The van der Waals surface area contributed by atoms with E-state index in [0.29, 0.717) is 6.61 Å². The third-order valence-electron chi connectivity index (χ3n) is 4.93. The van der Waals surface area contributed by atoms with Crippen LogP contribution in [-0.4, -0.2) is 6.61 Å². The molecule has 4 aromatic rings. The van der Waals surface area contributed by atoms with Crippen molar-refractivity contribution in [2.75, 3.05) is 6.61 Å². The van der Waals surface area contributed by atoms with Gasteiger partial charge in [-0.3, -0.25) is 0 Å². The molecule has 31 heavy (non-hydrogen) atoms. The van der Waals surface area contributed by atoms with Crippen molar-refractivity contribution in [1.82, 2.24) is 0 Å². The molecule has 0 N–H and O–H groups in total.